The Kier molecular flexibility index (Phi) is 1.92. The second kappa shape index (κ2) is 2.70. The molecule has 0 radical (unpaired) electrons. The first-order valence-electron chi connectivity index (χ1n) is 3.09. The first-order valence-corrected chi connectivity index (χ1v) is 3.09. The van der Waals surface area contributed by atoms with E-state index in [1.54, 1.807) is 0 Å². The van der Waals surface area contributed by atoms with Gasteiger partial charge in [-0.25, -0.2) is 0 Å². The van der Waals surface area contributed by atoms with Crippen LogP contribution in [-0.4, -0.2) is 12.7 Å². The molecule has 1 aliphatic rings. The molecule has 48 valence electrons. The van der Waals surface area contributed by atoms with E-state index in [2.05, 4.69) is 18.9 Å². The Morgan fingerprint density at radius 1 is 1.67 bits per heavy atom. The van der Waals surface area contributed by atoms with Gasteiger partial charge in [0.2, 0.25) is 0 Å². The maximum absolute atomic E-state index is 5.22. The van der Waals surface area contributed by atoms with E-state index >= 15 is 0 Å². The highest BCUT2D eigenvalue weighted by atomic mass is 16.5. The minimum atomic E-state index is -0.0822. The van der Waals surface area contributed by atoms with Gasteiger partial charge in [0.15, 0.2) is 0 Å². The predicted octanol–water partition coefficient (Wildman–Crippen LogP) is 1.21. The molecule has 0 spiro atoms. The van der Waals surface area contributed by atoms with Gasteiger partial charge in [-0.05, 0) is 12.0 Å². The van der Waals surface area contributed by atoms with Gasteiger partial charge in [0.25, 0.3) is 0 Å². The fourth-order valence-corrected chi connectivity index (χ4v) is 0.761. The molecule has 2 atom stereocenters. The van der Waals surface area contributed by atoms with Gasteiger partial charge in [-0.1, -0.05) is 18.9 Å². The second-order valence-electron chi connectivity index (χ2n) is 2.28. The van der Waals surface area contributed by atoms with E-state index in [9.17, 15) is 0 Å². The summed E-state index contributed by atoms with van der Waals surface area (Å²) < 4.78 is 5.22. The molecule has 0 N–H and O–H groups in total. The summed E-state index contributed by atoms with van der Waals surface area (Å²) in [6, 6.07) is 0. The Balaban J connectivity index is 2.50. The average molecular weight is 122 g/mol. The van der Waals surface area contributed by atoms with Gasteiger partial charge in [0.05, 0.1) is 6.61 Å². The topological polar surface area (TPSA) is 9.23 Å². The Hall–Kier alpha value is -0.740. The standard InChI is InChI=1S/C8H10O/c1-3-8-5-4-7(2)6-9-8/h1,4-5,7-8H,6H2,2H3. The van der Waals surface area contributed by atoms with Crippen molar-refractivity contribution < 1.29 is 4.74 Å². The maximum Gasteiger partial charge on any atom is 0.136 e. The Labute approximate surface area is 55.7 Å². The number of ether oxygens (including phenoxy) is 1. The van der Waals surface area contributed by atoms with Crippen LogP contribution in [-0.2, 0) is 4.74 Å². The summed E-state index contributed by atoms with van der Waals surface area (Å²) in [4.78, 5) is 0. The van der Waals surface area contributed by atoms with E-state index in [4.69, 9.17) is 11.2 Å². The molecule has 0 aromatic rings. The van der Waals surface area contributed by atoms with E-state index in [0.29, 0.717) is 5.92 Å². The van der Waals surface area contributed by atoms with Crippen LogP contribution in [0.5, 0.6) is 0 Å². The molecule has 0 aliphatic carbocycles. The zero-order chi connectivity index (χ0) is 6.69. The van der Waals surface area contributed by atoms with Crippen LogP contribution in [0.2, 0.25) is 0 Å². The number of rotatable bonds is 0. The molecule has 0 aromatic carbocycles. The summed E-state index contributed by atoms with van der Waals surface area (Å²) in [5.74, 6) is 3.04. The zero-order valence-electron chi connectivity index (χ0n) is 5.50. The minimum absolute atomic E-state index is 0.0822. The molecule has 0 bridgehead atoms. The Morgan fingerprint density at radius 2 is 2.44 bits per heavy atom. The highest BCUT2D eigenvalue weighted by Crippen LogP contribution is 2.08. The summed E-state index contributed by atoms with van der Waals surface area (Å²) in [5, 5.41) is 0. The van der Waals surface area contributed by atoms with Crippen LogP contribution in [0.25, 0.3) is 0 Å². The molecule has 0 aromatic heterocycles. The minimum Gasteiger partial charge on any atom is -0.361 e. The van der Waals surface area contributed by atoms with E-state index in [1.807, 2.05) is 6.08 Å². The van der Waals surface area contributed by atoms with Gasteiger partial charge < -0.3 is 4.74 Å². The lowest BCUT2D eigenvalue weighted by Gasteiger charge is -2.16. The molecule has 0 saturated carbocycles. The van der Waals surface area contributed by atoms with Crippen molar-refractivity contribution in [2.75, 3.05) is 6.61 Å². The van der Waals surface area contributed by atoms with E-state index in [-0.39, 0.29) is 6.10 Å². The molecular weight excluding hydrogens is 112 g/mol. The second-order valence-corrected chi connectivity index (χ2v) is 2.28. The van der Waals surface area contributed by atoms with Crippen LogP contribution in [0.15, 0.2) is 12.2 Å². The van der Waals surface area contributed by atoms with E-state index in [0.717, 1.165) is 6.61 Å². The number of hydrogen-bond donors (Lipinski definition) is 0. The molecule has 0 fully saturated rings. The van der Waals surface area contributed by atoms with Gasteiger partial charge in [0.1, 0.15) is 6.10 Å². The van der Waals surface area contributed by atoms with Crippen LogP contribution in [0.3, 0.4) is 0 Å². The SMILES string of the molecule is C#CC1C=CC(C)CO1. The number of terminal acetylenes is 1. The van der Waals surface area contributed by atoms with Crippen molar-refractivity contribution in [3.63, 3.8) is 0 Å². The highest BCUT2D eigenvalue weighted by molar-refractivity contribution is 5.10. The summed E-state index contributed by atoms with van der Waals surface area (Å²) >= 11 is 0. The molecule has 2 unspecified atom stereocenters. The third-order valence-corrected chi connectivity index (χ3v) is 1.32. The maximum atomic E-state index is 5.22. The molecule has 1 heteroatoms. The van der Waals surface area contributed by atoms with Gasteiger partial charge in [0, 0.05) is 0 Å². The van der Waals surface area contributed by atoms with Crippen molar-refractivity contribution in [3.05, 3.63) is 12.2 Å². The molecule has 9 heavy (non-hydrogen) atoms. The van der Waals surface area contributed by atoms with Crippen molar-refractivity contribution in [1.82, 2.24) is 0 Å². The van der Waals surface area contributed by atoms with Crippen molar-refractivity contribution in [1.29, 1.82) is 0 Å². The lowest BCUT2D eigenvalue weighted by molar-refractivity contribution is 0.0927. The van der Waals surface area contributed by atoms with Crippen LogP contribution in [0.1, 0.15) is 6.92 Å². The average Bonchev–Trinajstić information content (AvgIpc) is 1.90. The lowest BCUT2D eigenvalue weighted by Crippen LogP contribution is -2.17. The van der Waals surface area contributed by atoms with Crippen molar-refractivity contribution >= 4 is 0 Å². The molecule has 1 aliphatic heterocycles. The first kappa shape index (κ1) is 6.38. The fourth-order valence-electron chi connectivity index (χ4n) is 0.761. The van der Waals surface area contributed by atoms with E-state index in [1.165, 1.54) is 0 Å². The highest BCUT2D eigenvalue weighted by Gasteiger charge is 2.08. The van der Waals surface area contributed by atoms with Crippen molar-refractivity contribution in [2.45, 2.75) is 13.0 Å². The molecular formula is C8H10O. The monoisotopic (exact) mass is 122 g/mol. The smallest absolute Gasteiger partial charge is 0.136 e. The first-order chi connectivity index (χ1) is 4.33. The summed E-state index contributed by atoms with van der Waals surface area (Å²) in [5.41, 5.74) is 0. The fraction of sp³-hybridized carbons (Fsp3) is 0.500. The largest absolute Gasteiger partial charge is 0.361 e. The molecule has 0 amide bonds. The zero-order valence-corrected chi connectivity index (χ0v) is 5.50. The van der Waals surface area contributed by atoms with Crippen LogP contribution >= 0.6 is 0 Å². The Morgan fingerprint density at radius 3 is 2.89 bits per heavy atom. The molecule has 0 saturated heterocycles. The molecule has 1 nitrogen and oxygen atoms in total. The third-order valence-electron chi connectivity index (χ3n) is 1.32. The van der Waals surface area contributed by atoms with Gasteiger partial charge in [-0.15, -0.1) is 6.42 Å². The van der Waals surface area contributed by atoms with Gasteiger partial charge in [-0.3, -0.25) is 0 Å². The van der Waals surface area contributed by atoms with Crippen LogP contribution < -0.4 is 0 Å². The summed E-state index contributed by atoms with van der Waals surface area (Å²) in [6.45, 7) is 2.86. The normalized spacial score (nSPS) is 33.8. The van der Waals surface area contributed by atoms with Crippen molar-refractivity contribution in [3.8, 4) is 12.3 Å². The molecule has 1 heterocycles. The third kappa shape index (κ3) is 1.58. The summed E-state index contributed by atoms with van der Waals surface area (Å²) in [7, 11) is 0. The molecule has 1 rings (SSSR count). The summed E-state index contributed by atoms with van der Waals surface area (Å²) in [6.07, 6.45) is 9.06. The predicted molar refractivity (Wildman–Crippen MR) is 36.9 cm³/mol. The van der Waals surface area contributed by atoms with Crippen LogP contribution in [0, 0.1) is 18.3 Å². The van der Waals surface area contributed by atoms with E-state index < -0.39 is 0 Å². The van der Waals surface area contributed by atoms with Crippen molar-refractivity contribution in [2.24, 2.45) is 5.92 Å². The quantitative estimate of drug-likeness (QED) is 0.346. The Bertz CT molecular complexity index is 152. The lowest BCUT2D eigenvalue weighted by atomic mass is 10.1. The van der Waals surface area contributed by atoms with Gasteiger partial charge >= 0.3 is 0 Å². The number of hydrogen-bond acceptors (Lipinski definition) is 1. The van der Waals surface area contributed by atoms with Gasteiger partial charge in [-0.2, -0.15) is 0 Å². The van der Waals surface area contributed by atoms with Crippen LogP contribution in [0.4, 0.5) is 0 Å².